The number of anilines is 1. The molecule has 0 aliphatic rings. The molecule has 3 N–H and O–H groups in total. The van der Waals surface area contributed by atoms with E-state index in [1.165, 1.54) is 30.5 Å². The summed E-state index contributed by atoms with van der Waals surface area (Å²) in [6.07, 6.45) is 1.96. The zero-order chi connectivity index (χ0) is 14.7. The monoisotopic (exact) mass is 275 g/mol. The number of aryl methyl sites for hydroxylation is 1. The van der Waals surface area contributed by atoms with Gasteiger partial charge in [0.2, 0.25) is 0 Å². The first-order valence-corrected chi connectivity index (χ1v) is 5.97. The van der Waals surface area contributed by atoms with Gasteiger partial charge in [-0.15, -0.1) is 0 Å². The average molecular weight is 275 g/mol. The van der Waals surface area contributed by atoms with Crippen molar-refractivity contribution < 1.29 is 24.2 Å². The lowest BCUT2D eigenvalue weighted by Gasteiger charge is -2.08. The Kier molecular flexibility index (Phi) is 3.74. The minimum Gasteiger partial charge on any atom is -0.506 e. The van der Waals surface area contributed by atoms with Crippen molar-refractivity contribution in [2.45, 2.75) is 13.3 Å². The molecule has 0 radical (unpaired) electrons. The third-order valence-corrected chi connectivity index (χ3v) is 2.80. The van der Waals surface area contributed by atoms with Crippen LogP contribution in [0.1, 0.15) is 33.4 Å². The fraction of sp³-hybridized carbons (Fsp3) is 0.143. The number of carbonyl (C=O) groups is 2. The highest BCUT2D eigenvalue weighted by Crippen LogP contribution is 2.25. The van der Waals surface area contributed by atoms with Crippen LogP contribution in [0.4, 0.5) is 5.69 Å². The maximum absolute atomic E-state index is 12.1. The van der Waals surface area contributed by atoms with Gasteiger partial charge in [0, 0.05) is 6.42 Å². The van der Waals surface area contributed by atoms with Crippen molar-refractivity contribution in [1.82, 2.24) is 0 Å². The van der Waals surface area contributed by atoms with Gasteiger partial charge >= 0.3 is 5.97 Å². The van der Waals surface area contributed by atoms with E-state index in [-0.39, 0.29) is 17.0 Å². The first-order chi connectivity index (χ1) is 9.52. The van der Waals surface area contributed by atoms with E-state index in [2.05, 4.69) is 5.32 Å². The number of phenolic OH excluding ortho intramolecular Hbond substituents is 1. The van der Waals surface area contributed by atoms with Crippen LogP contribution in [0.3, 0.4) is 0 Å². The molecule has 104 valence electrons. The number of phenols is 1. The fourth-order valence-corrected chi connectivity index (χ4v) is 1.78. The van der Waals surface area contributed by atoms with Gasteiger partial charge in [-0.25, -0.2) is 4.79 Å². The second kappa shape index (κ2) is 5.48. The number of furan rings is 1. The van der Waals surface area contributed by atoms with Gasteiger partial charge in [-0.05, 0) is 24.3 Å². The molecule has 1 aromatic heterocycles. The van der Waals surface area contributed by atoms with E-state index in [1.807, 2.05) is 6.92 Å². The third-order valence-electron chi connectivity index (χ3n) is 2.80. The van der Waals surface area contributed by atoms with Gasteiger partial charge in [0.25, 0.3) is 5.91 Å². The molecule has 2 rings (SSSR count). The predicted octanol–water partition coefficient (Wildman–Crippen LogP) is 2.50. The number of carboxylic acid groups (broad SMARTS) is 1. The number of rotatable bonds is 4. The largest absolute Gasteiger partial charge is 0.506 e. The summed E-state index contributed by atoms with van der Waals surface area (Å²) in [7, 11) is 0. The Hall–Kier alpha value is -2.76. The summed E-state index contributed by atoms with van der Waals surface area (Å²) in [5, 5.41) is 21.0. The summed E-state index contributed by atoms with van der Waals surface area (Å²) in [4.78, 5) is 22.9. The van der Waals surface area contributed by atoms with E-state index in [1.54, 1.807) is 0 Å². The zero-order valence-electron chi connectivity index (χ0n) is 10.7. The second-order valence-corrected chi connectivity index (χ2v) is 4.10. The molecule has 0 bridgehead atoms. The number of carbonyl (C=O) groups excluding carboxylic acids is 1. The first kappa shape index (κ1) is 13.7. The Balaban J connectivity index is 2.28. The molecule has 0 fully saturated rings. The van der Waals surface area contributed by atoms with Crippen LogP contribution in [0.2, 0.25) is 0 Å². The molecule has 0 saturated heterocycles. The molecule has 1 aromatic carbocycles. The average Bonchev–Trinajstić information content (AvgIpc) is 2.89. The SMILES string of the molecule is CCc1occc1C(=O)Nc1cc(C(=O)O)ccc1O. The maximum Gasteiger partial charge on any atom is 0.335 e. The number of benzene rings is 1. The van der Waals surface area contributed by atoms with Gasteiger partial charge in [-0.2, -0.15) is 0 Å². The summed E-state index contributed by atoms with van der Waals surface area (Å²) in [6, 6.07) is 5.19. The summed E-state index contributed by atoms with van der Waals surface area (Å²) >= 11 is 0. The molecule has 0 saturated carbocycles. The molecular weight excluding hydrogens is 262 g/mol. The fourth-order valence-electron chi connectivity index (χ4n) is 1.78. The van der Waals surface area contributed by atoms with Crippen molar-refractivity contribution in [3.63, 3.8) is 0 Å². The Morgan fingerprint density at radius 3 is 2.70 bits per heavy atom. The quantitative estimate of drug-likeness (QED) is 0.744. The lowest BCUT2D eigenvalue weighted by molar-refractivity contribution is 0.0696. The second-order valence-electron chi connectivity index (χ2n) is 4.10. The lowest BCUT2D eigenvalue weighted by Crippen LogP contribution is -2.13. The molecule has 6 nitrogen and oxygen atoms in total. The smallest absolute Gasteiger partial charge is 0.335 e. The molecule has 0 atom stereocenters. The molecular formula is C14H13NO5. The molecule has 1 amide bonds. The lowest BCUT2D eigenvalue weighted by atomic mass is 10.1. The summed E-state index contributed by atoms with van der Waals surface area (Å²) < 4.78 is 5.15. The molecule has 6 heteroatoms. The number of hydrogen-bond acceptors (Lipinski definition) is 4. The Morgan fingerprint density at radius 1 is 1.30 bits per heavy atom. The van der Waals surface area contributed by atoms with Crippen molar-refractivity contribution in [2.24, 2.45) is 0 Å². The van der Waals surface area contributed by atoms with E-state index in [4.69, 9.17) is 9.52 Å². The van der Waals surface area contributed by atoms with E-state index in [9.17, 15) is 14.7 Å². The molecule has 0 spiro atoms. The molecule has 0 aliphatic carbocycles. The standard InChI is InChI=1S/C14H13NO5/c1-2-12-9(5-6-20-12)13(17)15-10-7-8(14(18)19)3-4-11(10)16/h3-7,16H,2H2,1H3,(H,15,17)(H,18,19). The highest BCUT2D eigenvalue weighted by molar-refractivity contribution is 6.06. The summed E-state index contributed by atoms with van der Waals surface area (Å²) in [5.74, 6) is -1.28. The van der Waals surface area contributed by atoms with Crippen molar-refractivity contribution in [3.8, 4) is 5.75 Å². The highest BCUT2D eigenvalue weighted by Gasteiger charge is 2.16. The Morgan fingerprint density at radius 2 is 2.05 bits per heavy atom. The Bertz CT molecular complexity index is 659. The van der Waals surface area contributed by atoms with Gasteiger partial charge in [0.15, 0.2) is 0 Å². The number of aromatic carboxylic acids is 1. The third kappa shape index (κ3) is 2.64. The van der Waals surface area contributed by atoms with Crippen LogP contribution in [0.25, 0.3) is 0 Å². The Labute approximate surface area is 114 Å². The summed E-state index contributed by atoms with van der Waals surface area (Å²) in [5.41, 5.74) is 0.367. The van der Waals surface area contributed by atoms with E-state index in [0.29, 0.717) is 17.7 Å². The van der Waals surface area contributed by atoms with Crippen LogP contribution in [0.5, 0.6) is 5.75 Å². The van der Waals surface area contributed by atoms with Crippen molar-refractivity contribution >= 4 is 17.6 Å². The molecule has 2 aromatic rings. The number of hydrogen-bond donors (Lipinski definition) is 3. The van der Waals surface area contributed by atoms with Crippen molar-refractivity contribution in [3.05, 3.63) is 47.4 Å². The van der Waals surface area contributed by atoms with Crippen LogP contribution >= 0.6 is 0 Å². The highest BCUT2D eigenvalue weighted by atomic mass is 16.4. The first-order valence-electron chi connectivity index (χ1n) is 5.97. The van der Waals surface area contributed by atoms with Gasteiger partial charge in [0.05, 0.1) is 23.1 Å². The number of amides is 1. The van der Waals surface area contributed by atoms with Gasteiger partial charge < -0.3 is 19.9 Å². The molecule has 0 aliphatic heterocycles. The van der Waals surface area contributed by atoms with Crippen LogP contribution in [-0.4, -0.2) is 22.1 Å². The van der Waals surface area contributed by atoms with Crippen LogP contribution in [-0.2, 0) is 6.42 Å². The number of aromatic hydroxyl groups is 1. The van der Waals surface area contributed by atoms with Crippen molar-refractivity contribution in [2.75, 3.05) is 5.32 Å². The number of carboxylic acids is 1. The minimum atomic E-state index is -1.14. The molecule has 20 heavy (non-hydrogen) atoms. The topological polar surface area (TPSA) is 99.8 Å². The van der Waals surface area contributed by atoms with Crippen LogP contribution < -0.4 is 5.32 Å². The van der Waals surface area contributed by atoms with Crippen LogP contribution in [0.15, 0.2) is 34.9 Å². The van der Waals surface area contributed by atoms with E-state index < -0.39 is 11.9 Å². The number of nitrogens with one attached hydrogen (secondary N) is 1. The molecule has 0 unspecified atom stereocenters. The zero-order valence-corrected chi connectivity index (χ0v) is 10.7. The van der Waals surface area contributed by atoms with E-state index >= 15 is 0 Å². The maximum atomic E-state index is 12.1. The molecule has 1 heterocycles. The summed E-state index contributed by atoms with van der Waals surface area (Å²) in [6.45, 7) is 1.85. The van der Waals surface area contributed by atoms with Gasteiger partial charge in [0.1, 0.15) is 11.5 Å². The predicted molar refractivity (Wildman–Crippen MR) is 71.1 cm³/mol. The van der Waals surface area contributed by atoms with E-state index in [0.717, 1.165) is 0 Å². The van der Waals surface area contributed by atoms with Gasteiger partial charge in [-0.1, -0.05) is 6.92 Å². The van der Waals surface area contributed by atoms with Crippen molar-refractivity contribution in [1.29, 1.82) is 0 Å². The minimum absolute atomic E-state index is 0.0268. The van der Waals surface area contributed by atoms with Crippen LogP contribution in [0, 0.1) is 0 Å². The normalized spacial score (nSPS) is 10.2. The van der Waals surface area contributed by atoms with Gasteiger partial charge in [-0.3, -0.25) is 4.79 Å².